The average Bonchev–Trinajstić information content (AvgIpc) is 2.28. The number of nitrogens with zero attached hydrogens (tertiary/aromatic N) is 1. The fourth-order valence-electron chi connectivity index (χ4n) is 1.31. The van der Waals surface area contributed by atoms with Gasteiger partial charge in [0.05, 0.1) is 4.90 Å². The second-order valence-corrected chi connectivity index (χ2v) is 5.75. The summed E-state index contributed by atoms with van der Waals surface area (Å²) in [6.45, 7) is 1.07. The van der Waals surface area contributed by atoms with Gasteiger partial charge in [0.1, 0.15) is 0 Å². The number of hydrogen-bond donors (Lipinski definition) is 2. The lowest BCUT2D eigenvalue weighted by Gasteiger charge is -2.11. The molecule has 0 saturated heterocycles. The molecule has 0 atom stereocenters. The Hall–Kier alpha value is -1.11. The van der Waals surface area contributed by atoms with Crippen LogP contribution in [0.3, 0.4) is 0 Å². The summed E-state index contributed by atoms with van der Waals surface area (Å²) in [7, 11) is 2.15. The molecule has 0 heterocycles. The predicted molar refractivity (Wildman–Crippen MR) is 69.7 cm³/mol. The number of hydrogen-bond acceptors (Lipinski definition) is 4. The van der Waals surface area contributed by atoms with Gasteiger partial charge in [0.15, 0.2) is 0 Å². The first-order valence-corrected chi connectivity index (χ1v) is 6.86. The van der Waals surface area contributed by atoms with Crippen LogP contribution in [0, 0.1) is 0 Å². The van der Waals surface area contributed by atoms with Gasteiger partial charge >= 0.3 is 0 Å². The van der Waals surface area contributed by atoms with E-state index in [2.05, 4.69) is 10.0 Å². The number of sulfonamides is 1. The largest absolute Gasteiger partial charge is 0.388 e. The third kappa shape index (κ3) is 4.33. The van der Waals surface area contributed by atoms with E-state index in [1.165, 1.54) is 0 Å². The molecule has 17 heavy (non-hydrogen) atoms. The summed E-state index contributed by atoms with van der Waals surface area (Å²) in [5.74, 6) is 0. The molecule has 0 aliphatic carbocycles. The highest BCUT2D eigenvalue weighted by molar-refractivity contribution is 7.89. The summed E-state index contributed by atoms with van der Waals surface area (Å²) in [6.07, 6.45) is 0. The number of likely N-dealkylation sites (N-methyl/N-ethyl adjacent to an activating group) is 1. The first kappa shape index (κ1) is 14.0. The highest BCUT2D eigenvalue weighted by Gasteiger charge is 2.13. The number of benzene rings is 1. The van der Waals surface area contributed by atoms with Crippen LogP contribution in [0.25, 0.3) is 0 Å². The van der Waals surface area contributed by atoms with Crippen molar-refractivity contribution in [2.24, 2.45) is 0 Å². The van der Waals surface area contributed by atoms with Crippen molar-refractivity contribution in [1.29, 1.82) is 0 Å². The Labute approximate surface area is 103 Å². The molecule has 0 bridgehead atoms. The van der Waals surface area contributed by atoms with Gasteiger partial charge in [-0.25, -0.2) is 13.1 Å². The van der Waals surface area contributed by atoms with Gasteiger partial charge in [-0.05, 0) is 32.3 Å². The standard InChI is InChI=1S/C11H19N3O2S/c1-12-10-5-4-6-11(9-10)17(15,16)13-7-8-14(2)3/h4-6,9,12-13H,7-8H2,1-3H3. The third-order valence-electron chi connectivity index (χ3n) is 2.28. The van der Waals surface area contributed by atoms with Gasteiger partial charge in [0.25, 0.3) is 0 Å². The summed E-state index contributed by atoms with van der Waals surface area (Å²) < 4.78 is 26.4. The Balaban J connectivity index is 2.75. The lowest BCUT2D eigenvalue weighted by molar-refractivity contribution is 0.412. The zero-order chi connectivity index (χ0) is 12.9. The Morgan fingerprint density at radius 3 is 2.59 bits per heavy atom. The molecule has 2 N–H and O–H groups in total. The molecule has 0 radical (unpaired) electrons. The third-order valence-corrected chi connectivity index (χ3v) is 3.74. The Bertz CT molecular complexity index is 458. The molecule has 0 saturated carbocycles. The van der Waals surface area contributed by atoms with E-state index in [-0.39, 0.29) is 4.90 Å². The van der Waals surface area contributed by atoms with Crippen LogP contribution in [-0.4, -0.2) is 47.6 Å². The van der Waals surface area contributed by atoms with E-state index in [4.69, 9.17) is 0 Å². The van der Waals surface area contributed by atoms with Crippen molar-refractivity contribution < 1.29 is 8.42 Å². The molecule has 5 nitrogen and oxygen atoms in total. The van der Waals surface area contributed by atoms with Crippen LogP contribution in [0.5, 0.6) is 0 Å². The molecular formula is C11H19N3O2S. The maximum atomic E-state index is 11.9. The van der Waals surface area contributed by atoms with Crippen LogP contribution < -0.4 is 10.0 Å². The van der Waals surface area contributed by atoms with Crippen molar-refractivity contribution >= 4 is 15.7 Å². The first-order chi connectivity index (χ1) is 7.95. The van der Waals surface area contributed by atoms with Crippen molar-refractivity contribution in [1.82, 2.24) is 9.62 Å². The Kier molecular flexibility index (Phi) is 4.92. The fraction of sp³-hybridized carbons (Fsp3) is 0.455. The molecule has 96 valence electrons. The minimum atomic E-state index is -3.41. The van der Waals surface area contributed by atoms with Gasteiger partial charge in [-0.1, -0.05) is 6.07 Å². The molecular weight excluding hydrogens is 238 g/mol. The monoisotopic (exact) mass is 257 g/mol. The summed E-state index contributed by atoms with van der Waals surface area (Å²) in [5, 5.41) is 2.91. The van der Waals surface area contributed by atoms with Crippen molar-refractivity contribution in [3.8, 4) is 0 Å². The molecule has 1 rings (SSSR count). The normalized spacial score (nSPS) is 11.8. The van der Waals surface area contributed by atoms with E-state index in [0.29, 0.717) is 13.1 Å². The Morgan fingerprint density at radius 2 is 2.00 bits per heavy atom. The fourth-order valence-corrected chi connectivity index (χ4v) is 2.37. The van der Waals surface area contributed by atoms with E-state index in [1.807, 2.05) is 25.1 Å². The van der Waals surface area contributed by atoms with Crippen molar-refractivity contribution in [3.05, 3.63) is 24.3 Å². The zero-order valence-electron chi connectivity index (χ0n) is 10.4. The molecule has 0 spiro atoms. The van der Waals surface area contributed by atoms with Crippen LogP contribution in [0.4, 0.5) is 5.69 Å². The second-order valence-electron chi connectivity index (χ2n) is 3.98. The number of nitrogens with one attached hydrogen (secondary N) is 2. The summed E-state index contributed by atoms with van der Waals surface area (Å²) in [5.41, 5.74) is 0.778. The maximum Gasteiger partial charge on any atom is 0.240 e. The van der Waals surface area contributed by atoms with Crippen LogP contribution in [0.2, 0.25) is 0 Å². The van der Waals surface area contributed by atoms with E-state index < -0.39 is 10.0 Å². The zero-order valence-corrected chi connectivity index (χ0v) is 11.2. The lowest BCUT2D eigenvalue weighted by atomic mass is 10.3. The molecule has 0 amide bonds. The van der Waals surface area contributed by atoms with Crippen molar-refractivity contribution in [2.75, 3.05) is 39.5 Å². The molecule has 0 aliphatic heterocycles. The van der Waals surface area contributed by atoms with E-state index in [9.17, 15) is 8.42 Å². The Morgan fingerprint density at radius 1 is 1.29 bits per heavy atom. The van der Waals surface area contributed by atoms with Crippen molar-refractivity contribution in [3.63, 3.8) is 0 Å². The predicted octanol–water partition coefficient (Wildman–Crippen LogP) is 0.568. The van der Waals surface area contributed by atoms with Gasteiger partial charge in [0.2, 0.25) is 10.0 Å². The van der Waals surface area contributed by atoms with Crippen molar-refractivity contribution in [2.45, 2.75) is 4.90 Å². The van der Waals surface area contributed by atoms with Gasteiger partial charge in [-0.3, -0.25) is 0 Å². The van der Waals surface area contributed by atoms with Gasteiger partial charge in [-0.2, -0.15) is 0 Å². The lowest BCUT2D eigenvalue weighted by Crippen LogP contribution is -2.31. The summed E-state index contributed by atoms with van der Waals surface area (Å²) in [6, 6.07) is 6.72. The number of rotatable bonds is 6. The average molecular weight is 257 g/mol. The molecule has 0 aliphatic rings. The topological polar surface area (TPSA) is 61.4 Å². The van der Waals surface area contributed by atoms with Crippen LogP contribution in [-0.2, 0) is 10.0 Å². The second kappa shape index (κ2) is 6.00. The quantitative estimate of drug-likeness (QED) is 0.782. The molecule has 1 aromatic rings. The molecule has 6 heteroatoms. The first-order valence-electron chi connectivity index (χ1n) is 5.38. The van der Waals surface area contributed by atoms with E-state index >= 15 is 0 Å². The smallest absolute Gasteiger partial charge is 0.240 e. The SMILES string of the molecule is CNc1cccc(S(=O)(=O)NCCN(C)C)c1. The number of anilines is 1. The summed E-state index contributed by atoms with van der Waals surface area (Å²) >= 11 is 0. The van der Waals surface area contributed by atoms with E-state index in [0.717, 1.165) is 5.69 Å². The van der Waals surface area contributed by atoms with Gasteiger partial charge in [0, 0.05) is 25.8 Å². The van der Waals surface area contributed by atoms with Crippen LogP contribution >= 0.6 is 0 Å². The molecule has 0 aromatic heterocycles. The van der Waals surface area contributed by atoms with Gasteiger partial charge < -0.3 is 10.2 Å². The van der Waals surface area contributed by atoms with Gasteiger partial charge in [-0.15, -0.1) is 0 Å². The van der Waals surface area contributed by atoms with Crippen LogP contribution in [0.15, 0.2) is 29.2 Å². The minimum Gasteiger partial charge on any atom is -0.388 e. The van der Waals surface area contributed by atoms with E-state index in [1.54, 1.807) is 25.2 Å². The molecule has 1 aromatic carbocycles. The highest BCUT2D eigenvalue weighted by Crippen LogP contribution is 2.14. The van der Waals surface area contributed by atoms with Crippen LogP contribution in [0.1, 0.15) is 0 Å². The minimum absolute atomic E-state index is 0.281. The maximum absolute atomic E-state index is 11.9. The highest BCUT2D eigenvalue weighted by atomic mass is 32.2. The molecule has 0 unspecified atom stereocenters. The summed E-state index contributed by atoms with van der Waals surface area (Å²) in [4.78, 5) is 2.20. The molecule has 0 fully saturated rings.